The van der Waals surface area contributed by atoms with E-state index < -0.39 is 0 Å². The van der Waals surface area contributed by atoms with Crippen molar-refractivity contribution >= 4 is 5.82 Å². The molecule has 1 N–H and O–H groups in total. The third kappa shape index (κ3) is 3.69. The zero-order chi connectivity index (χ0) is 18.2. The first kappa shape index (κ1) is 17.1. The van der Waals surface area contributed by atoms with Gasteiger partial charge in [-0.3, -0.25) is 0 Å². The summed E-state index contributed by atoms with van der Waals surface area (Å²) in [4.78, 5) is 2.63. The number of aromatic nitrogens is 2. The van der Waals surface area contributed by atoms with Gasteiger partial charge in [-0.25, -0.2) is 4.39 Å². The number of piperidine rings is 1. The Hall–Kier alpha value is -2.05. The topological polar surface area (TPSA) is 50.3 Å². The molecule has 5 nitrogen and oxygen atoms in total. The number of rotatable bonds is 5. The maximum absolute atomic E-state index is 13.0. The van der Waals surface area contributed by atoms with Crippen LogP contribution in [0.2, 0.25) is 0 Å². The number of likely N-dealkylation sites (tertiary alicyclic amines) is 1. The van der Waals surface area contributed by atoms with E-state index in [2.05, 4.69) is 20.4 Å². The summed E-state index contributed by atoms with van der Waals surface area (Å²) < 4.78 is 18.5. The predicted octanol–water partition coefficient (Wildman–Crippen LogP) is 3.05. The maximum Gasteiger partial charge on any atom is 0.148 e. The van der Waals surface area contributed by atoms with Gasteiger partial charge < -0.3 is 15.0 Å². The Morgan fingerprint density at radius 2 is 1.74 bits per heavy atom. The SMILES string of the molecule is Fc1ccc(-c2ccc(NC3[C@H]4CN(CC5CCOCC5)C[C@@H]34)nn2)cc1. The third-order valence-corrected chi connectivity index (χ3v) is 6.25. The smallest absolute Gasteiger partial charge is 0.148 e. The summed E-state index contributed by atoms with van der Waals surface area (Å²) in [5.41, 5.74) is 1.64. The Labute approximate surface area is 158 Å². The molecular weight excluding hydrogens is 343 g/mol. The first-order valence-corrected chi connectivity index (χ1v) is 9.92. The Morgan fingerprint density at radius 3 is 2.41 bits per heavy atom. The van der Waals surface area contributed by atoms with Gasteiger partial charge in [0.25, 0.3) is 0 Å². The molecule has 1 unspecified atom stereocenters. The molecule has 2 aromatic rings. The van der Waals surface area contributed by atoms with Gasteiger partial charge >= 0.3 is 0 Å². The van der Waals surface area contributed by atoms with E-state index >= 15 is 0 Å². The molecule has 142 valence electrons. The van der Waals surface area contributed by atoms with Crippen molar-refractivity contribution in [1.82, 2.24) is 15.1 Å². The number of anilines is 1. The lowest BCUT2D eigenvalue weighted by Gasteiger charge is -2.28. The largest absolute Gasteiger partial charge is 0.381 e. The highest BCUT2D eigenvalue weighted by atomic mass is 19.1. The second-order valence-corrected chi connectivity index (χ2v) is 8.08. The molecule has 0 amide bonds. The summed E-state index contributed by atoms with van der Waals surface area (Å²) in [5, 5.41) is 12.2. The summed E-state index contributed by atoms with van der Waals surface area (Å²) in [5.74, 6) is 2.88. The first-order chi connectivity index (χ1) is 13.3. The molecule has 1 aliphatic carbocycles. The van der Waals surface area contributed by atoms with Crippen molar-refractivity contribution in [2.24, 2.45) is 17.8 Å². The van der Waals surface area contributed by atoms with Gasteiger partial charge in [0.2, 0.25) is 0 Å². The molecule has 2 saturated heterocycles. The van der Waals surface area contributed by atoms with Gasteiger partial charge in [-0.2, -0.15) is 0 Å². The van der Waals surface area contributed by atoms with E-state index in [9.17, 15) is 4.39 Å². The number of nitrogens with one attached hydrogen (secondary N) is 1. The average Bonchev–Trinajstić information content (AvgIpc) is 3.14. The van der Waals surface area contributed by atoms with E-state index in [-0.39, 0.29) is 5.82 Å². The van der Waals surface area contributed by atoms with Gasteiger partial charge in [0.15, 0.2) is 0 Å². The molecule has 0 spiro atoms. The first-order valence-electron chi connectivity index (χ1n) is 9.92. The Bertz CT molecular complexity index is 764. The highest BCUT2D eigenvalue weighted by molar-refractivity contribution is 5.59. The van der Waals surface area contributed by atoms with Crippen LogP contribution in [0.25, 0.3) is 11.3 Å². The van der Waals surface area contributed by atoms with Crippen LogP contribution in [-0.2, 0) is 4.74 Å². The van der Waals surface area contributed by atoms with Gasteiger partial charge in [0.05, 0.1) is 5.69 Å². The van der Waals surface area contributed by atoms with Crippen molar-refractivity contribution in [1.29, 1.82) is 0 Å². The van der Waals surface area contributed by atoms with Crippen LogP contribution in [0.1, 0.15) is 12.8 Å². The van der Waals surface area contributed by atoms with Crippen LogP contribution in [-0.4, -0.2) is 54.0 Å². The van der Waals surface area contributed by atoms with Crippen LogP contribution in [0.5, 0.6) is 0 Å². The van der Waals surface area contributed by atoms with E-state index in [0.717, 1.165) is 48.0 Å². The average molecular weight is 368 g/mol. The summed E-state index contributed by atoms with van der Waals surface area (Å²) in [6.45, 7) is 5.49. The standard InChI is InChI=1S/C21H25FN4O/c22-16-3-1-15(2-4-16)19-5-6-20(25-24-19)23-21-17-12-26(13-18(17)21)11-14-7-9-27-10-8-14/h1-6,14,17-18,21H,7-13H2,(H,23,25)/t17-,18+,21?. The highest BCUT2D eigenvalue weighted by Crippen LogP contribution is 2.47. The zero-order valence-electron chi connectivity index (χ0n) is 15.4. The molecule has 5 rings (SSSR count). The monoisotopic (exact) mass is 368 g/mol. The lowest BCUT2D eigenvalue weighted by atomic mass is 10.00. The van der Waals surface area contributed by atoms with Crippen molar-refractivity contribution in [3.63, 3.8) is 0 Å². The minimum Gasteiger partial charge on any atom is -0.381 e. The van der Waals surface area contributed by atoms with Crippen molar-refractivity contribution in [3.8, 4) is 11.3 Å². The molecule has 27 heavy (non-hydrogen) atoms. The van der Waals surface area contributed by atoms with Crippen molar-refractivity contribution in [2.45, 2.75) is 18.9 Å². The number of benzene rings is 1. The lowest BCUT2D eigenvalue weighted by Crippen LogP contribution is -2.34. The number of fused-ring (bicyclic) bond motifs is 1. The molecule has 0 radical (unpaired) electrons. The minimum atomic E-state index is -0.240. The fraction of sp³-hybridized carbons (Fsp3) is 0.524. The predicted molar refractivity (Wildman–Crippen MR) is 102 cm³/mol. The van der Waals surface area contributed by atoms with E-state index in [1.165, 1.54) is 44.6 Å². The van der Waals surface area contributed by atoms with Gasteiger partial charge in [0, 0.05) is 44.5 Å². The highest BCUT2D eigenvalue weighted by Gasteiger charge is 2.55. The molecule has 1 aromatic heterocycles. The van der Waals surface area contributed by atoms with Gasteiger partial charge in [0.1, 0.15) is 11.6 Å². The Balaban J connectivity index is 1.13. The molecule has 1 aromatic carbocycles. The minimum absolute atomic E-state index is 0.240. The van der Waals surface area contributed by atoms with E-state index in [4.69, 9.17) is 4.74 Å². The molecule has 2 aliphatic heterocycles. The summed E-state index contributed by atoms with van der Waals surface area (Å²) in [7, 11) is 0. The summed E-state index contributed by atoms with van der Waals surface area (Å²) in [6, 6.07) is 10.8. The van der Waals surface area contributed by atoms with Crippen LogP contribution in [0, 0.1) is 23.6 Å². The molecule has 1 saturated carbocycles. The van der Waals surface area contributed by atoms with Crippen molar-refractivity contribution in [3.05, 3.63) is 42.2 Å². The quantitative estimate of drug-likeness (QED) is 0.879. The van der Waals surface area contributed by atoms with Crippen molar-refractivity contribution in [2.75, 3.05) is 38.2 Å². The van der Waals surface area contributed by atoms with Crippen LogP contribution in [0.4, 0.5) is 10.2 Å². The molecule has 3 heterocycles. The number of hydrogen-bond donors (Lipinski definition) is 1. The molecule has 3 fully saturated rings. The molecule has 3 atom stereocenters. The number of ether oxygens (including phenoxy) is 1. The molecular formula is C21H25FN4O. The van der Waals surface area contributed by atoms with Crippen molar-refractivity contribution < 1.29 is 9.13 Å². The lowest BCUT2D eigenvalue weighted by molar-refractivity contribution is 0.0540. The summed E-state index contributed by atoms with van der Waals surface area (Å²) in [6.07, 6.45) is 2.42. The summed E-state index contributed by atoms with van der Waals surface area (Å²) >= 11 is 0. The molecule has 0 bridgehead atoms. The van der Waals surface area contributed by atoms with Gasteiger partial charge in [-0.15, -0.1) is 10.2 Å². The Morgan fingerprint density at radius 1 is 1.00 bits per heavy atom. The third-order valence-electron chi connectivity index (χ3n) is 6.25. The van der Waals surface area contributed by atoms with Crippen LogP contribution in [0.15, 0.2) is 36.4 Å². The normalized spacial score (nSPS) is 28.1. The van der Waals surface area contributed by atoms with Gasteiger partial charge in [-0.05, 0) is 67.0 Å². The van der Waals surface area contributed by atoms with E-state index in [1.807, 2.05) is 12.1 Å². The zero-order valence-corrected chi connectivity index (χ0v) is 15.4. The molecule has 3 aliphatic rings. The maximum atomic E-state index is 13.0. The van der Waals surface area contributed by atoms with Gasteiger partial charge in [-0.1, -0.05) is 0 Å². The number of hydrogen-bond acceptors (Lipinski definition) is 5. The van der Waals surface area contributed by atoms with Crippen LogP contribution < -0.4 is 5.32 Å². The second kappa shape index (κ2) is 7.17. The fourth-order valence-electron chi connectivity index (χ4n) is 4.63. The van der Waals surface area contributed by atoms with Crippen LogP contribution >= 0.6 is 0 Å². The fourth-order valence-corrected chi connectivity index (χ4v) is 4.63. The second-order valence-electron chi connectivity index (χ2n) is 8.08. The molecule has 6 heteroatoms. The van der Waals surface area contributed by atoms with E-state index in [1.54, 1.807) is 12.1 Å². The Kier molecular flexibility index (Phi) is 4.53. The van der Waals surface area contributed by atoms with Crippen LogP contribution in [0.3, 0.4) is 0 Å². The number of nitrogens with zero attached hydrogens (tertiary/aromatic N) is 3. The number of halogens is 1. The van der Waals surface area contributed by atoms with E-state index in [0.29, 0.717) is 6.04 Å².